The molecule has 9 nitrogen and oxygen atoms in total. The van der Waals surface area contributed by atoms with E-state index in [-0.39, 0.29) is 11.4 Å². The molecule has 0 bridgehead atoms. The number of anilines is 1. The van der Waals surface area contributed by atoms with Crippen LogP contribution >= 0.6 is 0 Å². The molecule has 0 aliphatic carbocycles. The third kappa shape index (κ3) is 4.24. The minimum atomic E-state index is -1.42. The van der Waals surface area contributed by atoms with Gasteiger partial charge in [-0.05, 0) is 12.1 Å². The molecular formula is C10H11N3O6. The lowest BCUT2D eigenvalue weighted by molar-refractivity contribution is -0.384. The Balaban J connectivity index is 2.61. The number of aliphatic hydroxyl groups excluding tert-OH is 1. The first-order valence-electron chi connectivity index (χ1n) is 5.09. The number of amides is 2. The Hall–Kier alpha value is -2.68. The molecule has 1 aromatic rings. The SMILES string of the molecule is O=C(Nc1ccc([N+](=O)[O-])cc1)N[C@H](CO)C(=O)O. The van der Waals surface area contributed by atoms with Crippen LogP contribution in [0.2, 0.25) is 0 Å². The number of non-ortho nitro benzene ring substituents is 1. The minimum absolute atomic E-state index is 0.135. The number of nitro groups is 1. The summed E-state index contributed by atoms with van der Waals surface area (Å²) in [5.41, 5.74) is 0.120. The van der Waals surface area contributed by atoms with Crippen LogP contribution in [0.3, 0.4) is 0 Å². The van der Waals surface area contributed by atoms with Gasteiger partial charge in [-0.1, -0.05) is 0 Å². The molecule has 9 heteroatoms. The van der Waals surface area contributed by atoms with Gasteiger partial charge in [-0.3, -0.25) is 10.1 Å². The molecule has 2 amide bonds. The van der Waals surface area contributed by atoms with Crippen molar-refractivity contribution in [1.29, 1.82) is 0 Å². The molecule has 0 aliphatic rings. The van der Waals surface area contributed by atoms with Crippen molar-refractivity contribution in [2.24, 2.45) is 0 Å². The van der Waals surface area contributed by atoms with Crippen molar-refractivity contribution < 1.29 is 24.7 Å². The summed E-state index contributed by atoms with van der Waals surface area (Å²) in [4.78, 5) is 31.8. The molecule has 0 fully saturated rings. The Morgan fingerprint density at radius 2 is 1.89 bits per heavy atom. The Labute approximate surface area is 107 Å². The zero-order valence-corrected chi connectivity index (χ0v) is 9.57. The van der Waals surface area contributed by atoms with Crippen molar-refractivity contribution in [2.75, 3.05) is 11.9 Å². The number of benzene rings is 1. The summed E-state index contributed by atoms with van der Waals surface area (Å²) in [6.45, 7) is -0.747. The number of nitrogens with zero attached hydrogens (tertiary/aromatic N) is 1. The number of carbonyl (C=O) groups is 2. The molecule has 0 radical (unpaired) electrons. The van der Waals surface area contributed by atoms with Crippen LogP contribution in [0.15, 0.2) is 24.3 Å². The van der Waals surface area contributed by atoms with Crippen molar-refractivity contribution in [3.8, 4) is 0 Å². The number of hydrogen-bond acceptors (Lipinski definition) is 5. The molecule has 0 saturated carbocycles. The zero-order chi connectivity index (χ0) is 14.4. The first-order valence-corrected chi connectivity index (χ1v) is 5.09. The average Bonchev–Trinajstić information content (AvgIpc) is 2.36. The second-order valence-corrected chi connectivity index (χ2v) is 3.48. The second kappa shape index (κ2) is 6.31. The van der Waals surface area contributed by atoms with Crippen LogP contribution in [0.5, 0.6) is 0 Å². The van der Waals surface area contributed by atoms with Gasteiger partial charge in [0.05, 0.1) is 11.5 Å². The number of aliphatic hydroxyl groups is 1. The maximum absolute atomic E-state index is 11.4. The average molecular weight is 269 g/mol. The molecule has 1 rings (SSSR count). The van der Waals surface area contributed by atoms with Gasteiger partial charge in [-0.2, -0.15) is 0 Å². The Bertz CT molecular complexity index is 487. The van der Waals surface area contributed by atoms with Crippen LogP contribution < -0.4 is 10.6 Å². The van der Waals surface area contributed by atoms with E-state index < -0.39 is 29.6 Å². The summed E-state index contributed by atoms with van der Waals surface area (Å²) >= 11 is 0. The lowest BCUT2D eigenvalue weighted by atomic mass is 10.3. The molecule has 19 heavy (non-hydrogen) atoms. The molecule has 1 atom stereocenters. The zero-order valence-electron chi connectivity index (χ0n) is 9.57. The fourth-order valence-electron chi connectivity index (χ4n) is 1.18. The van der Waals surface area contributed by atoms with Crippen LogP contribution in [-0.4, -0.2) is 39.8 Å². The molecule has 0 heterocycles. The number of carboxylic acids is 1. The van der Waals surface area contributed by atoms with Gasteiger partial charge in [0, 0.05) is 17.8 Å². The predicted octanol–water partition coefficient (Wildman–Crippen LogP) is 0.162. The standard InChI is InChI=1S/C10H11N3O6/c14-5-8(9(15)16)12-10(17)11-6-1-3-7(4-2-6)13(18)19/h1-4,8,14H,5H2,(H,15,16)(H2,11,12,17)/t8-/m1/s1. The van der Waals surface area contributed by atoms with E-state index in [9.17, 15) is 19.7 Å². The number of hydrogen-bond donors (Lipinski definition) is 4. The molecular weight excluding hydrogens is 258 g/mol. The fraction of sp³-hybridized carbons (Fsp3) is 0.200. The minimum Gasteiger partial charge on any atom is -0.480 e. The van der Waals surface area contributed by atoms with E-state index in [0.717, 1.165) is 0 Å². The summed E-state index contributed by atoms with van der Waals surface area (Å²) in [5, 5.41) is 32.0. The van der Waals surface area contributed by atoms with Gasteiger partial charge in [-0.15, -0.1) is 0 Å². The Morgan fingerprint density at radius 1 is 1.32 bits per heavy atom. The number of carbonyl (C=O) groups excluding carboxylic acids is 1. The van der Waals surface area contributed by atoms with E-state index in [0.29, 0.717) is 0 Å². The van der Waals surface area contributed by atoms with Crippen molar-refractivity contribution in [2.45, 2.75) is 6.04 Å². The monoisotopic (exact) mass is 269 g/mol. The predicted molar refractivity (Wildman–Crippen MR) is 63.8 cm³/mol. The molecule has 0 saturated heterocycles. The number of rotatable bonds is 5. The normalized spacial score (nSPS) is 11.4. The van der Waals surface area contributed by atoms with Gasteiger partial charge in [0.2, 0.25) is 0 Å². The fourth-order valence-corrected chi connectivity index (χ4v) is 1.18. The highest BCUT2D eigenvalue weighted by Gasteiger charge is 2.18. The van der Waals surface area contributed by atoms with E-state index in [2.05, 4.69) is 5.32 Å². The first-order chi connectivity index (χ1) is 8.93. The van der Waals surface area contributed by atoms with Gasteiger partial charge in [0.15, 0.2) is 6.04 Å². The molecule has 102 valence electrons. The van der Waals surface area contributed by atoms with E-state index in [1.54, 1.807) is 0 Å². The molecule has 0 spiro atoms. The quantitative estimate of drug-likeness (QED) is 0.443. The molecule has 0 aliphatic heterocycles. The van der Waals surface area contributed by atoms with E-state index in [4.69, 9.17) is 10.2 Å². The summed E-state index contributed by atoms with van der Waals surface area (Å²) in [5.74, 6) is -1.37. The Morgan fingerprint density at radius 3 is 2.32 bits per heavy atom. The van der Waals surface area contributed by atoms with E-state index >= 15 is 0 Å². The largest absolute Gasteiger partial charge is 0.480 e. The molecule has 0 unspecified atom stereocenters. The van der Waals surface area contributed by atoms with Crippen LogP contribution in [0.1, 0.15) is 0 Å². The Kier molecular flexibility index (Phi) is 4.77. The number of nitro benzene ring substituents is 1. The number of nitrogens with one attached hydrogen (secondary N) is 2. The van der Waals surface area contributed by atoms with Crippen molar-refractivity contribution in [1.82, 2.24) is 5.32 Å². The summed E-state index contributed by atoms with van der Waals surface area (Å²) in [6.07, 6.45) is 0. The highest BCUT2D eigenvalue weighted by atomic mass is 16.6. The lowest BCUT2D eigenvalue weighted by Crippen LogP contribution is -2.45. The third-order valence-electron chi connectivity index (χ3n) is 2.12. The highest BCUT2D eigenvalue weighted by Crippen LogP contribution is 2.15. The maximum Gasteiger partial charge on any atom is 0.328 e. The van der Waals surface area contributed by atoms with E-state index in [1.165, 1.54) is 24.3 Å². The maximum atomic E-state index is 11.4. The topological polar surface area (TPSA) is 142 Å². The van der Waals surface area contributed by atoms with Crippen molar-refractivity contribution in [3.63, 3.8) is 0 Å². The van der Waals surface area contributed by atoms with Gasteiger partial charge in [0.1, 0.15) is 0 Å². The first kappa shape index (κ1) is 14.4. The van der Waals surface area contributed by atoms with Crippen molar-refractivity contribution in [3.05, 3.63) is 34.4 Å². The summed E-state index contributed by atoms with van der Waals surface area (Å²) in [6, 6.07) is 2.72. The van der Waals surface area contributed by atoms with Crippen LogP contribution in [0.25, 0.3) is 0 Å². The summed E-state index contributed by atoms with van der Waals surface area (Å²) < 4.78 is 0. The van der Waals surface area contributed by atoms with Crippen molar-refractivity contribution >= 4 is 23.4 Å². The van der Waals surface area contributed by atoms with Crippen LogP contribution in [0.4, 0.5) is 16.2 Å². The molecule has 0 aromatic heterocycles. The number of aliphatic carboxylic acids is 1. The second-order valence-electron chi connectivity index (χ2n) is 3.48. The van der Waals surface area contributed by atoms with E-state index in [1.807, 2.05) is 5.32 Å². The van der Waals surface area contributed by atoms with Gasteiger partial charge < -0.3 is 20.8 Å². The highest BCUT2D eigenvalue weighted by molar-refractivity contribution is 5.92. The number of urea groups is 1. The third-order valence-corrected chi connectivity index (χ3v) is 2.12. The molecule has 4 N–H and O–H groups in total. The van der Waals surface area contributed by atoms with Gasteiger partial charge in [0.25, 0.3) is 5.69 Å². The van der Waals surface area contributed by atoms with Gasteiger partial charge in [-0.25, -0.2) is 9.59 Å². The molecule has 1 aromatic carbocycles. The smallest absolute Gasteiger partial charge is 0.328 e. The van der Waals surface area contributed by atoms with Crippen LogP contribution in [-0.2, 0) is 4.79 Å². The summed E-state index contributed by atoms with van der Waals surface area (Å²) in [7, 11) is 0. The van der Waals surface area contributed by atoms with Crippen LogP contribution in [0, 0.1) is 10.1 Å². The van der Waals surface area contributed by atoms with Gasteiger partial charge >= 0.3 is 12.0 Å². The lowest BCUT2D eigenvalue weighted by Gasteiger charge is -2.12. The number of carboxylic acid groups (broad SMARTS) is 1.